The maximum Gasteiger partial charge on any atom is 0.344 e. The van der Waals surface area contributed by atoms with Gasteiger partial charge >= 0.3 is 5.97 Å². The smallest absolute Gasteiger partial charge is 0.344 e. The van der Waals surface area contributed by atoms with Crippen molar-refractivity contribution in [1.82, 2.24) is 4.98 Å². The Kier molecular flexibility index (Phi) is 4.83. The number of esters is 1. The van der Waals surface area contributed by atoms with Crippen molar-refractivity contribution in [2.75, 3.05) is 6.61 Å². The number of fused-ring (bicyclic) bond motifs is 1. The van der Waals surface area contributed by atoms with Crippen LogP contribution < -0.4 is 4.74 Å². The fourth-order valence-corrected chi connectivity index (χ4v) is 2.73. The van der Waals surface area contributed by atoms with Crippen molar-refractivity contribution >= 4 is 32.8 Å². The zero-order valence-electron chi connectivity index (χ0n) is 12.6. The number of pyridine rings is 1. The third-order valence-corrected chi connectivity index (χ3v) is 3.42. The van der Waals surface area contributed by atoms with Gasteiger partial charge in [0.25, 0.3) is 0 Å². The lowest BCUT2D eigenvalue weighted by Crippen LogP contribution is -2.18. The zero-order chi connectivity index (χ0) is 15.6. The van der Waals surface area contributed by atoms with Gasteiger partial charge in [0.15, 0.2) is 6.61 Å². The summed E-state index contributed by atoms with van der Waals surface area (Å²) in [4.78, 5) is 16.1. The molecule has 0 radical (unpaired) electrons. The number of benzene rings is 1. The van der Waals surface area contributed by atoms with Gasteiger partial charge in [0.1, 0.15) is 5.75 Å². The molecule has 0 unspecified atom stereocenters. The molecule has 0 aliphatic rings. The molecule has 1 aromatic heterocycles. The standard InChI is InChI=1S/C16H18BrNO3/c1-9(2)21-15(19)8-20-14-7-11(4)18-16-12(14)5-10(3)6-13(16)17/h5-7,9H,8H2,1-4H3. The Bertz CT molecular complexity index is 683. The molecule has 0 amide bonds. The summed E-state index contributed by atoms with van der Waals surface area (Å²) in [7, 11) is 0. The number of carbonyl (C=O) groups is 1. The van der Waals surface area contributed by atoms with Crippen LogP contribution in [0.4, 0.5) is 0 Å². The molecule has 2 aromatic rings. The largest absolute Gasteiger partial charge is 0.481 e. The van der Waals surface area contributed by atoms with Crippen LogP contribution in [0, 0.1) is 13.8 Å². The average molecular weight is 352 g/mol. The van der Waals surface area contributed by atoms with E-state index in [1.165, 1.54) is 0 Å². The second kappa shape index (κ2) is 6.43. The van der Waals surface area contributed by atoms with Crippen LogP contribution in [0.15, 0.2) is 22.7 Å². The van der Waals surface area contributed by atoms with Crippen LogP contribution >= 0.6 is 15.9 Å². The van der Waals surface area contributed by atoms with Crippen LogP contribution in [-0.4, -0.2) is 23.7 Å². The van der Waals surface area contributed by atoms with E-state index >= 15 is 0 Å². The summed E-state index contributed by atoms with van der Waals surface area (Å²) in [5.74, 6) is 0.266. The lowest BCUT2D eigenvalue weighted by Gasteiger charge is -2.12. The van der Waals surface area contributed by atoms with E-state index in [4.69, 9.17) is 9.47 Å². The first kappa shape index (κ1) is 15.8. The molecule has 21 heavy (non-hydrogen) atoms. The first-order chi connectivity index (χ1) is 9.86. The number of hydrogen-bond acceptors (Lipinski definition) is 4. The number of aryl methyl sites for hydroxylation is 2. The van der Waals surface area contributed by atoms with Gasteiger partial charge in [-0.3, -0.25) is 4.98 Å². The molecular weight excluding hydrogens is 334 g/mol. The highest BCUT2D eigenvalue weighted by Crippen LogP contribution is 2.31. The number of hydrogen-bond donors (Lipinski definition) is 0. The Hall–Kier alpha value is -1.62. The molecular formula is C16H18BrNO3. The number of nitrogens with zero attached hydrogens (tertiary/aromatic N) is 1. The summed E-state index contributed by atoms with van der Waals surface area (Å²) in [6, 6.07) is 5.83. The van der Waals surface area contributed by atoms with E-state index in [-0.39, 0.29) is 18.7 Å². The lowest BCUT2D eigenvalue weighted by atomic mass is 10.1. The molecule has 112 valence electrons. The molecule has 0 saturated carbocycles. The highest BCUT2D eigenvalue weighted by atomic mass is 79.9. The van der Waals surface area contributed by atoms with Gasteiger partial charge in [-0.25, -0.2) is 4.79 Å². The molecule has 0 fully saturated rings. The number of aromatic nitrogens is 1. The van der Waals surface area contributed by atoms with Crippen LogP contribution in [0.5, 0.6) is 5.75 Å². The van der Waals surface area contributed by atoms with Gasteiger partial charge in [0.2, 0.25) is 0 Å². The van der Waals surface area contributed by atoms with E-state index < -0.39 is 0 Å². The Morgan fingerprint density at radius 3 is 2.67 bits per heavy atom. The van der Waals surface area contributed by atoms with Gasteiger partial charge in [-0.1, -0.05) is 0 Å². The van der Waals surface area contributed by atoms with Crippen LogP contribution in [0.1, 0.15) is 25.1 Å². The van der Waals surface area contributed by atoms with Gasteiger partial charge in [0, 0.05) is 21.6 Å². The molecule has 2 rings (SSSR count). The second-order valence-electron chi connectivity index (χ2n) is 5.23. The quantitative estimate of drug-likeness (QED) is 0.782. The van der Waals surface area contributed by atoms with Crippen molar-refractivity contribution in [3.8, 4) is 5.75 Å². The summed E-state index contributed by atoms with van der Waals surface area (Å²) >= 11 is 3.52. The van der Waals surface area contributed by atoms with E-state index in [1.807, 2.05) is 45.9 Å². The summed E-state index contributed by atoms with van der Waals surface area (Å²) in [5.41, 5.74) is 2.75. The van der Waals surface area contributed by atoms with Crippen molar-refractivity contribution in [3.63, 3.8) is 0 Å². The highest BCUT2D eigenvalue weighted by molar-refractivity contribution is 9.10. The third kappa shape index (κ3) is 3.94. The van der Waals surface area contributed by atoms with Gasteiger partial charge in [-0.05, 0) is 61.3 Å². The molecule has 0 aliphatic heterocycles. The Morgan fingerprint density at radius 2 is 2.00 bits per heavy atom. The summed E-state index contributed by atoms with van der Waals surface area (Å²) in [6.45, 7) is 7.41. The Morgan fingerprint density at radius 1 is 1.29 bits per heavy atom. The lowest BCUT2D eigenvalue weighted by molar-refractivity contribution is -0.149. The normalized spacial score (nSPS) is 11.0. The van der Waals surface area contributed by atoms with Crippen molar-refractivity contribution < 1.29 is 14.3 Å². The molecule has 0 aliphatic carbocycles. The van der Waals surface area contributed by atoms with E-state index in [1.54, 1.807) is 0 Å². The fourth-order valence-electron chi connectivity index (χ4n) is 2.07. The van der Waals surface area contributed by atoms with Crippen molar-refractivity contribution in [3.05, 3.63) is 33.9 Å². The molecule has 1 aromatic carbocycles. The monoisotopic (exact) mass is 351 g/mol. The van der Waals surface area contributed by atoms with Crippen LogP contribution in [0.25, 0.3) is 10.9 Å². The zero-order valence-corrected chi connectivity index (χ0v) is 14.2. The molecule has 4 nitrogen and oxygen atoms in total. The third-order valence-electron chi connectivity index (χ3n) is 2.81. The maximum atomic E-state index is 11.6. The summed E-state index contributed by atoms with van der Waals surface area (Å²) < 4.78 is 11.6. The van der Waals surface area contributed by atoms with E-state index in [0.29, 0.717) is 5.75 Å². The summed E-state index contributed by atoms with van der Waals surface area (Å²) in [5, 5.41) is 0.879. The van der Waals surface area contributed by atoms with Gasteiger partial charge < -0.3 is 9.47 Å². The highest BCUT2D eigenvalue weighted by Gasteiger charge is 2.12. The first-order valence-corrected chi connectivity index (χ1v) is 7.56. The van der Waals surface area contributed by atoms with Crippen LogP contribution in [-0.2, 0) is 9.53 Å². The van der Waals surface area contributed by atoms with Gasteiger partial charge in [-0.2, -0.15) is 0 Å². The molecule has 0 saturated heterocycles. The number of ether oxygens (including phenoxy) is 2. The minimum atomic E-state index is -0.376. The number of rotatable bonds is 4. The number of halogens is 1. The number of carbonyl (C=O) groups excluding carboxylic acids is 1. The molecule has 1 heterocycles. The van der Waals surface area contributed by atoms with Gasteiger partial charge in [0.05, 0.1) is 11.6 Å². The Labute approximate surface area is 132 Å². The average Bonchev–Trinajstić information content (AvgIpc) is 2.36. The van der Waals surface area contributed by atoms with E-state index in [9.17, 15) is 4.79 Å². The predicted molar refractivity (Wildman–Crippen MR) is 85.6 cm³/mol. The van der Waals surface area contributed by atoms with Crippen LogP contribution in [0.2, 0.25) is 0 Å². The molecule has 0 bridgehead atoms. The minimum absolute atomic E-state index is 0.109. The SMILES string of the molecule is Cc1cc(Br)c2nc(C)cc(OCC(=O)OC(C)C)c2c1. The molecule has 0 N–H and O–H groups in total. The van der Waals surface area contributed by atoms with Crippen molar-refractivity contribution in [1.29, 1.82) is 0 Å². The van der Waals surface area contributed by atoms with Crippen LogP contribution in [0.3, 0.4) is 0 Å². The molecule has 0 atom stereocenters. The molecule has 5 heteroatoms. The summed E-state index contributed by atoms with van der Waals surface area (Å²) in [6.07, 6.45) is -0.145. The van der Waals surface area contributed by atoms with Crippen molar-refractivity contribution in [2.24, 2.45) is 0 Å². The first-order valence-electron chi connectivity index (χ1n) is 6.76. The molecule has 0 spiro atoms. The van der Waals surface area contributed by atoms with E-state index in [2.05, 4.69) is 20.9 Å². The Balaban J connectivity index is 2.33. The predicted octanol–water partition coefficient (Wildman–Crippen LogP) is 3.94. The van der Waals surface area contributed by atoms with Gasteiger partial charge in [-0.15, -0.1) is 0 Å². The minimum Gasteiger partial charge on any atom is -0.481 e. The fraction of sp³-hybridized carbons (Fsp3) is 0.375. The maximum absolute atomic E-state index is 11.6. The van der Waals surface area contributed by atoms with Crippen molar-refractivity contribution in [2.45, 2.75) is 33.8 Å². The van der Waals surface area contributed by atoms with E-state index in [0.717, 1.165) is 26.6 Å². The second-order valence-corrected chi connectivity index (χ2v) is 6.09. The topological polar surface area (TPSA) is 48.4 Å².